The molecule has 2 aliphatic rings. The summed E-state index contributed by atoms with van der Waals surface area (Å²) < 4.78 is 0. The number of carbonyl (C=O) groups excluding carboxylic acids is 7. The van der Waals surface area contributed by atoms with Crippen molar-refractivity contribution in [2.24, 2.45) is 45.9 Å². The second-order valence-corrected chi connectivity index (χ2v) is 18.3. The number of carboxylic acids is 1. The maximum absolute atomic E-state index is 14.3. The zero-order valence-electron chi connectivity index (χ0n) is 38.4. The lowest BCUT2D eigenvalue weighted by atomic mass is 9.98. The number of aliphatic carboxylic acids is 1. The number of hydrogen-bond acceptors (Lipinski definition) is 11. The maximum Gasteiger partial charge on any atom is 0.328 e. The Morgan fingerprint density at radius 2 is 1.11 bits per heavy atom. The molecule has 2 heterocycles. The molecule has 0 radical (unpaired) electrons. The first-order valence-electron chi connectivity index (χ1n) is 22.3. The summed E-state index contributed by atoms with van der Waals surface area (Å²) in [5, 5.41) is 32.0. The van der Waals surface area contributed by atoms with Gasteiger partial charge in [0.1, 0.15) is 42.3 Å². The van der Waals surface area contributed by atoms with Crippen LogP contribution in [0.5, 0.6) is 0 Å². The number of aliphatic imine (C=N–C) groups is 1. The Morgan fingerprint density at radius 1 is 0.635 bits per heavy atom. The second kappa shape index (κ2) is 25.9. The van der Waals surface area contributed by atoms with Gasteiger partial charge in [-0.2, -0.15) is 0 Å². The van der Waals surface area contributed by atoms with E-state index >= 15 is 0 Å². The third-order valence-electron chi connectivity index (χ3n) is 11.0. The minimum Gasteiger partial charge on any atom is -0.480 e. The van der Waals surface area contributed by atoms with Gasteiger partial charge in [0.2, 0.25) is 41.4 Å². The Hall–Kier alpha value is -5.05. The number of carbonyl (C=O) groups is 8. The Balaban J connectivity index is 2.27. The summed E-state index contributed by atoms with van der Waals surface area (Å²) >= 11 is 0. The standard InChI is InChI=1S/C42H75N11O10/c1-22(2)18-26(43)39(60)52-16-10-13-31(52)37(58)49-29(20-24(5)6)40(61)53-17-11-14-32(53)36(57)48-28(19-23(3)4)35(56)51-33(25(7)8)38(59)47-27(12-9-15-46-42(44)45)34(55)50-30(21-54)41(62)63/h22-33,54H,9-21,43H2,1-8H3,(H,47,59)(H,48,57)(H,49,58)(H,50,55)(H,51,56)(H,62,63)(H4,44,45,46)/t26-,27-,28-,29-,30-,31-,32-,33-/m0/s1. The van der Waals surface area contributed by atoms with Gasteiger partial charge in [-0.05, 0) is 81.5 Å². The zero-order chi connectivity index (χ0) is 47.7. The quantitative estimate of drug-likeness (QED) is 0.0288. The van der Waals surface area contributed by atoms with Crippen LogP contribution in [0.1, 0.15) is 113 Å². The van der Waals surface area contributed by atoms with E-state index in [1.165, 1.54) is 9.80 Å². The third-order valence-corrected chi connectivity index (χ3v) is 11.0. The average Bonchev–Trinajstić information content (AvgIpc) is 3.89. The first-order valence-corrected chi connectivity index (χ1v) is 22.3. The van der Waals surface area contributed by atoms with E-state index in [2.05, 4.69) is 31.6 Å². The van der Waals surface area contributed by atoms with Crippen molar-refractivity contribution in [2.75, 3.05) is 26.2 Å². The number of rotatable bonds is 25. The van der Waals surface area contributed by atoms with Crippen LogP contribution in [0, 0.1) is 23.7 Å². The molecule has 0 aromatic rings. The molecule has 0 saturated carbocycles. The molecule has 0 spiro atoms. The fraction of sp³-hybridized carbons (Fsp3) is 0.786. The number of guanidine groups is 1. The molecule has 0 bridgehead atoms. The molecule has 21 heteroatoms. The predicted molar refractivity (Wildman–Crippen MR) is 235 cm³/mol. The molecule has 8 atom stereocenters. The zero-order valence-corrected chi connectivity index (χ0v) is 38.4. The largest absolute Gasteiger partial charge is 0.480 e. The van der Waals surface area contributed by atoms with Gasteiger partial charge in [0.15, 0.2) is 5.96 Å². The molecule has 21 nitrogen and oxygen atoms in total. The molecule has 0 aliphatic carbocycles. The first-order chi connectivity index (χ1) is 29.5. The second-order valence-electron chi connectivity index (χ2n) is 18.3. The molecule has 2 saturated heterocycles. The highest BCUT2D eigenvalue weighted by molar-refractivity contribution is 5.98. The Kier molecular flexibility index (Phi) is 22.2. The average molecular weight is 894 g/mol. The van der Waals surface area contributed by atoms with Crippen LogP contribution in [0.3, 0.4) is 0 Å². The van der Waals surface area contributed by atoms with E-state index in [-0.39, 0.29) is 68.4 Å². The highest BCUT2D eigenvalue weighted by Crippen LogP contribution is 2.24. The fourth-order valence-electron chi connectivity index (χ4n) is 7.84. The van der Waals surface area contributed by atoms with Crippen molar-refractivity contribution in [1.82, 2.24) is 36.4 Å². The first kappa shape index (κ1) is 54.1. The van der Waals surface area contributed by atoms with Crippen molar-refractivity contribution >= 4 is 53.3 Å². The lowest BCUT2D eigenvalue weighted by Gasteiger charge is -2.32. The molecular weight excluding hydrogens is 819 g/mol. The highest BCUT2D eigenvalue weighted by Gasteiger charge is 2.42. The molecule has 0 aromatic carbocycles. The highest BCUT2D eigenvalue weighted by atomic mass is 16.4. The number of hydrogen-bond donors (Lipinski definition) is 10. The van der Waals surface area contributed by atoms with Crippen molar-refractivity contribution in [3.05, 3.63) is 0 Å². The Morgan fingerprint density at radius 3 is 1.59 bits per heavy atom. The lowest BCUT2D eigenvalue weighted by molar-refractivity contribution is -0.144. The van der Waals surface area contributed by atoms with Crippen LogP contribution in [0.2, 0.25) is 0 Å². The summed E-state index contributed by atoms with van der Waals surface area (Å²) in [6.45, 7) is 14.6. The van der Waals surface area contributed by atoms with Crippen molar-refractivity contribution < 1.29 is 48.6 Å². The summed E-state index contributed by atoms with van der Waals surface area (Å²) in [5.74, 6) is -6.27. The van der Waals surface area contributed by atoms with E-state index in [9.17, 15) is 48.6 Å². The Labute approximate surface area is 371 Å². The van der Waals surface area contributed by atoms with Crippen molar-refractivity contribution in [2.45, 2.75) is 162 Å². The number of aliphatic hydroxyl groups excluding tert-OH is 1. The van der Waals surface area contributed by atoms with Gasteiger partial charge >= 0.3 is 5.97 Å². The van der Waals surface area contributed by atoms with Gasteiger partial charge < -0.3 is 63.8 Å². The number of nitrogens with zero attached hydrogens (tertiary/aromatic N) is 3. The van der Waals surface area contributed by atoms with E-state index in [4.69, 9.17) is 17.2 Å². The predicted octanol–water partition coefficient (Wildman–Crippen LogP) is -1.36. The lowest BCUT2D eigenvalue weighted by Crippen LogP contribution is -2.60. The Bertz CT molecular complexity index is 1620. The normalized spacial score (nSPS) is 19.2. The summed E-state index contributed by atoms with van der Waals surface area (Å²) in [6, 6.07) is -8.76. The molecular formula is C42H75N11O10. The monoisotopic (exact) mass is 894 g/mol. The van der Waals surface area contributed by atoms with E-state index in [0.29, 0.717) is 38.6 Å². The molecule has 2 fully saturated rings. The topological polar surface area (TPSA) is 334 Å². The van der Waals surface area contributed by atoms with E-state index in [0.717, 1.165) is 0 Å². The minimum absolute atomic E-state index is 0.0170. The number of likely N-dealkylation sites (tertiary alicyclic amines) is 2. The van der Waals surface area contributed by atoms with Crippen LogP contribution >= 0.6 is 0 Å². The van der Waals surface area contributed by atoms with E-state index in [1.807, 2.05) is 41.5 Å². The third kappa shape index (κ3) is 17.2. The van der Waals surface area contributed by atoms with Crippen molar-refractivity contribution in [3.8, 4) is 0 Å². The number of amides is 7. The van der Waals surface area contributed by atoms with Crippen LogP contribution in [-0.4, -0.2) is 148 Å². The van der Waals surface area contributed by atoms with Gasteiger partial charge in [-0.25, -0.2) is 4.79 Å². The summed E-state index contributed by atoms with van der Waals surface area (Å²) in [6.07, 6.45) is 2.93. The molecule has 2 aliphatic heterocycles. The molecule has 358 valence electrons. The number of nitrogens with one attached hydrogen (secondary N) is 5. The fourth-order valence-corrected chi connectivity index (χ4v) is 7.84. The SMILES string of the molecule is CC(C)C[C@H](NC(=O)[C@@H]1CCCN1C(=O)[C@H](CC(C)C)NC(=O)[C@@H]1CCCN1C(=O)[C@@H](N)CC(C)C)C(=O)N[C@H](C(=O)N[C@@H](CCCN=C(N)N)C(=O)N[C@@H](CO)C(=O)O)C(C)C. The number of carboxylic acid groups (broad SMARTS) is 1. The molecule has 2 rings (SSSR count). The van der Waals surface area contributed by atoms with Gasteiger partial charge in [0.25, 0.3) is 0 Å². The van der Waals surface area contributed by atoms with Crippen LogP contribution < -0.4 is 43.8 Å². The minimum atomic E-state index is -1.64. The van der Waals surface area contributed by atoms with E-state index in [1.54, 1.807) is 13.8 Å². The molecule has 63 heavy (non-hydrogen) atoms. The molecule has 13 N–H and O–H groups in total. The summed E-state index contributed by atoms with van der Waals surface area (Å²) in [7, 11) is 0. The van der Waals surface area contributed by atoms with Crippen LogP contribution in [0.4, 0.5) is 0 Å². The number of aliphatic hydroxyl groups is 1. The van der Waals surface area contributed by atoms with Crippen LogP contribution in [-0.2, 0) is 38.4 Å². The van der Waals surface area contributed by atoms with E-state index < -0.39 is 102 Å². The van der Waals surface area contributed by atoms with Gasteiger partial charge in [0.05, 0.1) is 12.6 Å². The molecule has 7 amide bonds. The molecule has 0 unspecified atom stereocenters. The van der Waals surface area contributed by atoms with Gasteiger partial charge in [-0.15, -0.1) is 0 Å². The van der Waals surface area contributed by atoms with Gasteiger partial charge in [-0.1, -0.05) is 55.4 Å². The molecule has 0 aromatic heterocycles. The number of nitrogens with two attached hydrogens (primary N) is 3. The van der Waals surface area contributed by atoms with Crippen LogP contribution in [0.15, 0.2) is 4.99 Å². The van der Waals surface area contributed by atoms with Gasteiger partial charge in [0, 0.05) is 19.6 Å². The maximum atomic E-state index is 14.3. The van der Waals surface area contributed by atoms with Gasteiger partial charge in [-0.3, -0.25) is 38.6 Å². The van der Waals surface area contributed by atoms with Crippen LogP contribution in [0.25, 0.3) is 0 Å². The van der Waals surface area contributed by atoms with Crippen molar-refractivity contribution in [1.29, 1.82) is 0 Å². The van der Waals surface area contributed by atoms with Crippen molar-refractivity contribution in [3.63, 3.8) is 0 Å². The summed E-state index contributed by atoms with van der Waals surface area (Å²) in [4.78, 5) is 115. The summed E-state index contributed by atoms with van der Waals surface area (Å²) in [5.41, 5.74) is 17.0. The smallest absolute Gasteiger partial charge is 0.328 e.